The second-order valence-electron chi connectivity index (χ2n) is 11.5. The highest BCUT2D eigenvalue weighted by molar-refractivity contribution is 5.99. The molecule has 9 nitrogen and oxygen atoms in total. The Morgan fingerprint density at radius 1 is 0.886 bits per heavy atom. The van der Waals surface area contributed by atoms with Gasteiger partial charge in [0.2, 0.25) is 5.91 Å². The Labute approximate surface area is 249 Å². The molecule has 3 aliphatic carbocycles. The van der Waals surface area contributed by atoms with Gasteiger partial charge in [-0.05, 0) is 75.0 Å². The summed E-state index contributed by atoms with van der Waals surface area (Å²) in [6, 6.07) is 4.19. The third-order valence-electron chi connectivity index (χ3n) is 8.76. The quantitative estimate of drug-likeness (QED) is 0.306. The van der Waals surface area contributed by atoms with Crippen LogP contribution in [0.25, 0.3) is 0 Å². The van der Waals surface area contributed by atoms with Gasteiger partial charge in [0.25, 0.3) is 5.91 Å². The van der Waals surface area contributed by atoms with Crippen LogP contribution in [0.3, 0.4) is 0 Å². The van der Waals surface area contributed by atoms with E-state index in [1.54, 1.807) is 0 Å². The van der Waals surface area contributed by atoms with Gasteiger partial charge in [0.15, 0.2) is 23.1 Å². The van der Waals surface area contributed by atoms with Crippen LogP contribution in [0.5, 0.6) is 17.2 Å². The third-order valence-corrected chi connectivity index (χ3v) is 8.76. The predicted octanol–water partition coefficient (Wildman–Crippen LogP) is 5.68. The number of carboxylic acids is 1. The number of hydrogen-bond acceptors (Lipinski definition) is 6. The summed E-state index contributed by atoms with van der Waals surface area (Å²) < 4.78 is 81.5. The molecule has 0 radical (unpaired) electrons. The normalized spacial score (nSPS) is 26.1. The van der Waals surface area contributed by atoms with Gasteiger partial charge in [-0.25, -0.2) is 8.78 Å². The molecular formula is C30H31F5N2O7. The van der Waals surface area contributed by atoms with Gasteiger partial charge in [0.1, 0.15) is 5.75 Å². The van der Waals surface area contributed by atoms with Crippen molar-refractivity contribution in [3.63, 3.8) is 0 Å². The van der Waals surface area contributed by atoms with Crippen molar-refractivity contribution < 1.29 is 55.7 Å². The predicted molar refractivity (Wildman–Crippen MR) is 144 cm³/mol. The molecule has 3 fully saturated rings. The number of carboxylic acid groups (broad SMARTS) is 1. The van der Waals surface area contributed by atoms with Crippen molar-refractivity contribution in [2.45, 2.75) is 63.5 Å². The maximum absolute atomic E-state index is 14.9. The molecule has 238 valence electrons. The van der Waals surface area contributed by atoms with E-state index in [4.69, 9.17) is 9.47 Å². The number of ether oxygens (including phenoxy) is 3. The van der Waals surface area contributed by atoms with Gasteiger partial charge in [0, 0.05) is 23.9 Å². The summed E-state index contributed by atoms with van der Waals surface area (Å²) in [5.74, 6) is -6.82. The Kier molecular flexibility index (Phi) is 8.89. The number of carbonyl (C=O) groups excluding carboxylic acids is 2. The van der Waals surface area contributed by atoms with E-state index >= 15 is 0 Å². The molecule has 4 atom stereocenters. The Morgan fingerprint density at radius 3 is 2.25 bits per heavy atom. The first-order chi connectivity index (χ1) is 20.8. The van der Waals surface area contributed by atoms with Crippen molar-refractivity contribution in [1.29, 1.82) is 0 Å². The molecule has 5 rings (SSSR count). The summed E-state index contributed by atoms with van der Waals surface area (Å²) in [4.78, 5) is 38.2. The zero-order chi connectivity index (χ0) is 31.8. The van der Waals surface area contributed by atoms with Gasteiger partial charge < -0.3 is 30.0 Å². The Morgan fingerprint density at radius 2 is 1.59 bits per heavy atom. The minimum Gasteiger partial charge on any atom is -0.496 e. The van der Waals surface area contributed by atoms with E-state index in [0.29, 0.717) is 38.5 Å². The van der Waals surface area contributed by atoms with Crippen LogP contribution in [-0.4, -0.2) is 48.5 Å². The van der Waals surface area contributed by atoms with E-state index in [9.17, 15) is 41.4 Å². The van der Waals surface area contributed by atoms with Crippen LogP contribution in [0.2, 0.25) is 0 Å². The standard InChI is InChI=1S/C30H31F5N2O7/c1-42-22-13-21(32)23(43-18-7-4-14(5-8-18)29(40)41)12-19(22)27(38)37-26-16-3-2-15(10-16)25(26)28(39)36-17-6-9-20(31)24(11-17)44-30(33,34)35/h6,9,11-16,18,25-26H,2-5,7-8,10H2,1H3,(H,36,39)(H,37,38)(H,40,41). The molecule has 0 spiro atoms. The molecule has 2 amide bonds. The first kappa shape index (κ1) is 31.3. The number of fused-ring (bicyclic) bond motifs is 2. The van der Waals surface area contributed by atoms with Crippen molar-refractivity contribution in [3.8, 4) is 17.2 Å². The monoisotopic (exact) mass is 626 g/mol. The molecule has 44 heavy (non-hydrogen) atoms. The summed E-state index contributed by atoms with van der Waals surface area (Å²) in [5, 5.41) is 14.6. The van der Waals surface area contributed by atoms with E-state index in [0.717, 1.165) is 30.7 Å². The number of aliphatic carboxylic acids is 1. The Bertz CT molecular complexity index is 1430. The van der Waals surface area contributed by atoms with Crippen molar-refractivity contribution in [3.05, 3.63) is 47.5 Å². The topological polar surface area (TPSA) is 123 Å². The van der Waals surface area contributed by atoms with Crippen LogP contribution in [0.4, 0.5) is 27.6 Å². The molecule has 0 heterocycles. The third kappa shape index (κ3) is 6.83. The number of alkyl halides is 3. The van der Waals surface area contributed by atoms with E-state index in [2.05, 4.69) is 15.4 Å². The maximum Gasteiger partial charge on any atom is 0.573 e. The number of amides is 2. The average molecular weight is 627 g/mol. The number of halogens is 5. The van der Waals surface area contributed by atoms with Crippen LogP contribution in [0, 0.1) is 35.3 Å². The van der Waals surface area contributed by atoms with Crippen LogP contribution in [0.15, 0.2) is 30.3 Å². The van der Waals surface area contributed by atoms with Crippen molar-refractivity contribution >= 4 is 23.5 Å². The van der Waals surface area contributed by atoms with Crippen LogP contribution >= 0.6 is 0 Å². The molecule has 0 saturated heterocycles. The molecule has 2 aromatic rings. The van der Waals surface area contributed by atoms with Crippen LogP contribution < -0.4 is 24.8 Å². The molecule has 0 aliphatic heterocycles. The van der Waals surface area contributed by atoms with Crippen LogP contribution in [-0.2, 0) is 9.59 Å². The molecule has 2 bridgehead atoms. The number of hydrogen-bond donors (Lipinski definition) is 3. The van der Waals surface area contributed by atoms with Gasteiger partial charge in [-0.2, -0.15) is 0 Å². The van der Waals surface area contributed by atoms with Crippen molar-refractivity contribution in [1.82, 2.24) is 5.32 Å². The van der Waals surface area contributed by atoms with E-state index in [-0.39, 0.29) is 34.6 Å². The largest absolute Gasteiger partial charge is 0.573 e. The molecule has 3 saturated carbocycles. The molecular weight excluding hydrogens is 595 g/mol. The zero-order valence-corrected chi connectivity index (χ0v) is 23.6. The molecule has 2 aromatic carbocycles. The van der Waals surface area contributed by atoms with Gasteiger partial charge in [-0.15, -0.1) is 13.2 Å². The fourth-order valence-electron chi connectivity index (χ4n) is 6.69. The van der Waals surface area contributed by atoms with Crippen molar-refractivity contribution in [2.75, 3.05) is 12.4 Å². The Balaban J connectivity index is 1.31. The molecule has 3 aliphatic rings. The van der Waals surface area contributed by atoms with Gasteiger partial charge in [-0.3, -0.25) is 14.4 Å². The SMILES string of the molecule is COc1cc(F)c(OC2CCC(C(=O)O)CC2)cc1C(=O)NC1C2CCC(C2)C1C(=O)Nc1ccc(F)c(OC(F)(F)F)c1. The summed E-state index contributed by atoms with van der Waals surface area (Å²) in [6.07, 6.45) is -1.89. The van der Waals surface area contributed by atoms with Gasteiger partial charge >= 0.3 is 12.3 Å². The number of rotatable bonds is 9. The zero-order valence-electron chi connectivity index (χ0n) is 23.6. The highest BCUT2D eigenvalue weighted by atomic mass is 19.4. The lowest BCUT2D eigenvalue weighted by Gasteiger charge is -2.31. The number of methoxy groups -OCH3 is 1. The van der Waals surface area contributed by atoms with Gasteiger partial charge in [-0.1, -0.05) is 0 Å². The first-order valence-corrected chi connectivity index (χ1v) is 14.3. The number of carbonyl (C=O) groups is 3. The minimum absolute atomic E-state index is 0.0301. The number of benzene rings is 2. The van der Waals surface area contributed by atoms with Gasteiger partial charge in [0.05, 0.1) is 30.6 Å². The fraction of sp³-hybridized carbons (Fsp3) is 0.500. The fourth-order valence-corrected chi connectivity index (χ4v) is 6.69. The summed E-state index contributed by atoms with van der Waals surface area (Å²) in [7, 11) is 1.27. The summed E-state index contributed by atoms with van der Waals surface area (Å²) >= 11 is 0. The average Bonchev–Trinajstić information content (AvgIpc) is 3.57. The highest BCUT2D eigenvalue weighted by Gasteiger charge is 2.51. The number of anilines is 1. The van der Waals surface area contributed by atoms with Crippen LogP contribution in [0.1, 0.15) is 55.3 Å². The lowest BCUT2D eigenvalue weighted by Crippen LogP contribution is -2.48. The summed E-state index contributed by atoms with van der Waals surface area (Å²) in [5.41, 5.74) is -0.139. The van der Waals surface area contributed by atoms with E-state index < -0.39 is 65.5 Å². The summed E-state index contributed by atoms with van der Waals surface area (Å²) in [6.45, 7) is 0. The highest BCUT2D eigenvalue weighted by Crippen LogP contribution is 2.49. The second-order valence-corrected chi connectivity index (χ2v) is 11.5. The molecule has 14 heteroatoms. The maximum atomic E-state index is 14.9. The number of nitrogens with one attached hydrogen (secondary N) is 2. The van der Waals surface area contributed by atoms with E-state index in [1.807, 2.05) is 0 Å². The molecule has 4 unspecified atom stereocenters. The minimum atomic E-state index is -5.13. The smallest absolute Gasteiger partial charge is 0.496 e. The lowest BCUT2D eigenvalue weighted by atomic mass is 9.83. The molecule has 0 aromatic heterocycles. The molecule has 3 N–H and O–H groups in total. The first-order valence-electron chi connectivity index (χ1n) is 14.3. The Hall–Kier alpha value is -4.10. The van der Waals surface area contributed by atoms with Crippen molar-refractivity contribution in [2.24, 2.45) is 23.7 Å². The second kappa shape index (κ2) is 12.5. The van der Waals surface area contributed by atoms with E-state index in [1.165, 1.54) is 13.2 Å². The lowest BCUT2D eigenvalue weighted by molar-refractivity contribution is -0.275.